The molecule has 4 nitrogen and oxygen atoms in total. The fraction of sp³-hybridized carbons (Fsp3) is 0.176. The molecule has 0 aliphatic heterocycles. The lowest BCUT2D eigenvalue weighted by atomic mass is 10.1. The van der Waals surface area contributed by atoms with Gasteiger partial charge in [0.25, 0.3) is 0 Å². The van der Waals surface area contributed by atoms with E-state index in [0.29, 0.717) is 23.1 Å². The lowest BCUT2D eigenvalue weighted by Gasteiger charge is -2.01. The number of aromatic nitrogens is 1. The molecule has 2 heterocycles. The molecule has 0 atom stereocenters. The first-order valence-corrected chi connectivity index (χ1v) is 8.29. The zero-order chi connectivity index (χ0) is 16.2. The Balaban J connectivity index is 1.97. The van der Waals surface area contributed by atoms with Gasteiger partial charge in [-0.15, -0.1) is 11.3 Å². The molecule has 0 bridgehead atoms. The Hall–Kier alpha value is -2.11. The van der Waals surface area contributed by atoms with Crippen LogP contribution in [0.25, 0.3) is 22.0 Å². The maximum absolute atomic E-state index is 11.4. The number of benzene rings is 1. The SMILES string of the molecule is COC(=O)CCc1oc(-c2cccs2)nc1-c1ccc(Cl)cc1. The Labute approximate surface area is 142 Å². The van der Waals surface area contributed by atoms with Gasteiger partial charge in [-0.05, 0) is 23.6 Å². The van der Waals surface area contributed by atoms with Gasteiger partial charge in [0.1, 0.15) is 11.5 Å². The number of ether oxygens (including phenoxy) is 1. The molecule has 0 spiro atoms. The van der Waals surface area contributed by atoms with Crippen molar-refractivity contribution in [1.29, 1.82) is 0 Å². The Morgan fingerprint density at radius 3 is 2.74 bits per heavy atom. The minimum atomic E-state index is -0.277. The number of carbonyl (C=O) groups is 1. The summed E-state index contributed by atoms with van der Waals surface area (Å²) >= 11 is 7.50. The number of esters is 1. The van der Waals surface area contributed by atoms with Gasteiger partial charge in [0, 0.05) is 17.0 Å². The van der Waals surface area contributed by atoms with Gasteiger partial charge in [-0.2, -0.15) is 0 Å². The standard InChI is InChI=1S/C17H14ClNO3S/c1-21-15(20)9-8-13-16(11-4-6-12(18)7-5-11)19-17(22-13)14-3-2-10-23-14/h2-7,10H,8-9H2,1H3. The molecule has 0 fully saturated rings. The Morgan fingerprint density at radius 2 is 2.09 bits per heavy atom. The number of nitrogens with zero attached hydrogens (tertiary/aromatic N) is 1. The zero-order valence-corrected chi connectivity index (χ0v) is 14.0. The van der Waals surface area contributed by atoms with Crippen molar-refractivity contribution in [2.75, 3.05) is 7.11 Å². The molecule has 3 rings (SSSR count). The fourth-order valence-corrected chi connectivity index (χ4v) is 2.95. The van der Waals surface area contributed by atoms with Crippen molar-refractivity contribution in [2.45, 2.75) is 12.8 Å². The fourth-order valence-electron chi connectivity index (χ4n) is 2.18. The number of methoxy groups -OCH3 is 1. The molecule has 1 aromatic carbocycles. The molecule has 3 aromatic rings. The molecule has 0 saturated heterocycles. The first kappa shape index (κ1) is 15.8. The molecule has 0 aliphatic carbocycles. The molecule has 0 saturated carbocycles. The van der Waals surface area contributed by atoms with Crippen LogP contribution in [0, 0.1) is 0 Å². The van der Waals surface area contributed by atoms with Crippen LogP contribution in [0.1, 0.15) is 12.2 Å². The smallest absolute Gasteiger partial charge is 0.305 e. The summed E-state index contributed by atoms with van der Waals surface area (Å²) in [6.45, 7) is 0. The maximum Gasteiger partial charge on any atom is 0.305 e. The van der Waals surface area contributed by atoms with Crippen molar-refractivity contribution < 1.29 is 13.9 Å². The van der Waals surface area contributed by atoms with E-state index in [1.807, 2.05) is 29.6 Å². The van der Waals surface area contributed by atoms with Crippen LogP contribution < -0.4 is 0 Å². The van der Waals surface area contributed by atoms with Gasteiger partial charge < -0.3 is 9.15 Å². The van der Waals surface area contributed by atoms with Gasteiger partial charge >= 0.3 is 5.97 Å². The van der Waals surface area contributed by atoms with Crippen molar-refractivity contribution in [3.8, 4) is 22.0 Å². The van der Waals surface area contributed by atoms with Crippen LogP contribution in [0.5, 0.6) is 0 Å². The van der Waals surface area contributed by atoms with Crippen molar-refractivity contribution >= 4 is 28.9 Å². The first-order valence-electron chi connectivity index (χ1n) is 7.03. The predicted molar refractivity (Wildman–Crippen MR) is 90.6 cm³/mol. The lowest BCUT2D eigenvalue weighted by molar-refractivity contribution is -0.140. The van der Waals surface area contributed by atoms with Crippen molar-refractivity contribution in [3.05, 3.63) is 52.6 Å². The number of thiophene rings is 1. The topological polar surface area (TPSA) is 52.3 Å². The summed E-state index contributed by atoms with van der Waals surface area (Å²) in [7, 11) is 1.37. The summed E-state index contributed by atoms with van der Waals surface area (Å²) in [4.78, 5) is 17.0. The molecule has 0 unspecified atom stereocenters. The minimum absolute atomic E-state index is 0.246. The van der Waals surface area contributed by atoms with Crippen molar-refractivity contribution in [1.82, 2.24) is 4.98 Å². The molecular weight excluding hydrogens is 334 g/mol. The summed E-state index contributed by atoms with van der Waals surface area (Å²) in [5, 5.41) is 2.63. The quantitative estimate of drug-likeness (QED) is 0.620. The van der Waals surface area contributed by atoms with Gasteiger partial charge in [0.2, 0.25) is 5.89 Å². The van der Waals surface area contributed by atoms with E-state index in [9.17, 15) is 4.79 Å². The largest absolute Gasteiger partial charge is 0.469 e. The number of hydrogen-bond donors (Lipinski definition) is 0. The normalized spacial score (nSPS) is 10.7. The summed E-state index contributed by atoms with van der Waals surface area (Å²) in [5.74, 6) is 0.951. The van der Waals surface area contributed by atoms with Crippen LogP contribution in [-0.2, 0) is 16.0 Å². The zero-order valence-electron chi connectivity index (χ0n) is 12.4. The van der Waals surface area contributed by atoms with Gasteiger partial charge in [-0.3, -0.25) is 4.79 Å². The summed E-state index contributed by atoms with van der Waals surface area (Å²) in [5.41, 5.74) is 1.63. The molecule has 0 amide bonds. The van der Waals surface area contributed by atoms with E-state index >= 15 is 0 Å². The maximum atomic E-state index is 11.4. The van der Waals surface area contributed by atoms with E-state index in [4.69, 9.17) is 20.8 Å². The summed E-state index contributed by atoms with van der Waals surface area (Å²) < 4.78 is 10.6. The summed E-state index contributed by atoms with van der Waals surface area (Å²) in [6, 6.07) is 11.3. The highest BCUT2D eigenvalue weighted by Gasteiger charge is 2.18. The number of aryl methyl sites for hydroxylation is 1. The number of oxazole rings is 1. The minimum Gasteiger partial charge on any atom is -0.469 e. The highest BCUT2D eigenvalue weighted by atomic mass is 35.5. The van der Waals surface area contributed by atoms with Crippen LogP contribution >= 0.6 is 22.9 Å². The van der Waals surface area contributed by atoms with Gasteiger partial charge in [0.15, 0.2) is 0 Å². The second-order valence-electron chi connectivity index (χ2n) is 4.85. The van der Waals surface area contributed by atoms with Crippen LogP contribution in [0.15, 0.2) is 46.2 Å². The van der Waals surface area contributed by atoms with Gasteiger partial charge in [0.05, 0.1) is 18.4 Å². The molecule has 0 radical (unpaired) electrons. The van der Waals surface area contributed by atoms with Crippen LogP contribution in [0.2, 0.25) is 5.02 Å². The van der Waals surface area contributed by atoms with E-state index in [0.717, 1.165) is 16.1 Å². The van der Waals surface area contributed by atoms with E-state index in [1.54, 1.807) is 23.5 Å². The predicted octanol–water partition coefficient (Wildman–Crippen LogP) is 4.83. The monoisotopic (exact) mass is 347 g/mol. The van der Waals surface area contributed by atoms with E-state index in [1.165, 1.54) is 7.11 Å². The number of hydrogen-bond acceptors (Lipinski definition) is 5. The Morgan fingerprint density at radius 1 is 1.30 bits per heavy atom. The second-order valence-corrected chi connectivity index (χ2v) is 6.24. The van der Waals surface area contributed by atoms with Crippen LogP contribution in [-0.4, -0.2) is 18.1 Å². The average Bonchev–Trinajstić information content (AvgIpc) is 3.22. The molecule has 2 aromatic heterocycles. The average molecular weight is 348 g/mol. The molecule has 23 heavy (non-hydrogen) atoms. The number of halogens is 1. The highest BCUT2D eigenvalue weighted by molar-refractivity contribution is 7.13. The van der Waals surface area contributed by atoms with Crippen molar-refractivity contribution in [2.24, 2.45) is 0 Å². The molecule has 0 aliphatic rings. The Kier molecular flexibility index (Phi) is 4.79. The van der Waals surface area contributed by atoms with Crippen molar-refractivity contribution in [3.63, 3.8) is 0 Å². The van der Waals surface area contributed by atoms with Gasteiger partial charge in [-0.1, -0.05) is 29.8 Å². The lowest BCUT2D eigenvalue weighted by Crippen LogP contribution is -2.02. The van der Waals surface area contributed by atoms with Crippen LogP contribution in [0.4, 0.5) is 0 Å². The highest BCUT2D eigenvalue weighted by Crippen LogP contribution is 2.32. The summed E-state index contributed by atoms with van der Waals surface area (Å²) in [6.07, 6.45) is 0.680. The number of carbonyl (C=O) groups excluding carboxylic acids is 1. The second kappa shape index (κ2) is 6.98. The molecular formula is C17H14ClNO3S. The number of rotatable bonds is 5. The van der Waals surface area contributed by atoms with E-state index in [2.05, 4.69) is 4.98 Å². The molecule has 0 N–H and O–H groups in total. The van der Waals surface area contributed by atoms with E-state index in [-0.39, 0.29) is 12.4 Å². The third-order valence-electron chi connectivity index (χ3n) is 3.33. The van der Waals surface area contributed by atoms with Gasteiger partial charge in [-0.25, -0.2) is 4.98 Å². The van der Waals surface area contributed by atoms with E-state index < -0.39 is 0 Å². The molecule has 6 heteroatoms. The molecule has 118 valence electrons. The van der Waals surface area contributed by atoms with Crippen LogP contribution in [0.3, 0.4) is 0 Å². The third-order valence-corrected chi connectivity index (χ3v) is 4.44. The first-order chi connectivity index (χ1) is 11.2. The third kappa shape index (κ3) is 3.63. The Bertz CT molecular complexity index is 794.